The predicted molar refractivity (Wildman–Crippen MR) is 162 cm³/mol. The Labute approximate surface area is 234 Å². The topological polar surface area (TPSA) is 60.8 Å². The highest BCUT2D eigenvalue weighted by atomic mass is 16.1. The molecule has 0 spiro atoms. The molecule has 0 amide bonds. The van der Waals surface area contributed by atoms with E-state index in [1.54, 1.807) is 6.07 Å². The molecule has 39 heavy (non-hydrogen) atoms. The first-order valence-electron chi connectivity index (χ1n) is 13.9. The fourth-order valence-electron chi connectivity index (χ4n) is 5.49. The number of pyridine rings is 1. The van der Waals surface area contributed by atoms with E-state index in [4.69, 9.17) is 0 Å². The van der Waals surface area contributed by atoms with E-state index in [-0.39, 0.29) is 24.6 Å². The number of likely N-dealkylation sites (N-methyl/N-ethyl adjacent to an activating group) is 1. The van der Waals surface area contributed by atoms with Crippen LogP contribution in [0.2, 0.25) is 0 Å². The van der Waals surface area contributed by atoms with Crippen molar-refractivity contribution in [2.75, 3.05) is 34.7 Å². The summed E-state index contributed by atoms with van der Waals surface area (Å²) < 4.78 is 2.20. The van der Waals surface area contributed by atoms with Gasteiger partial charge in [-0.05, 0) is 49.8 Å². The number of allylic oxidation sites excluding steroid dienone is 8. The van der Waals surface area contributed by atoms with E-state index in [1.807, 2.05) is 56.4 Å². The van der Waals surface area contributed by atoms with E-state index in [0.29, 0.717) is 11.5 Å². The van der Waals surface area contributed by atoms with Crippen molar-refractivity contribution >= 4 is 11.5 Å². The van der Waals surface area contributed by atoms with E-state index in [2.05, 4.69) is 73.3 Å². The average molecular weight is 532 g/mol. The van der Waals surface area contributed by atoms with Crippen LogP contribution in [-0.4, -0.2) is 59.9 Å². The standard InChI is InChI=1S/C32H43N5O2.H2/c1-9-11-23(17-34(5)6)25(10-2)30(24-14-15-33-36(8)18-24)31-27-16-29(38)26(32(39)22-12-13-22)19-37(27)28(21(3)4)20-35(31)7;/h9-11,14-19,21-22,28,33H,12-13,20H2,1-8H3;1H/b11-9-,23-17+,25-10+,31-30-;/t28-;/m0./s1. The number of aromatic nitrogens is 1. The molecule has 1 N–H and O–H groups in total. The molecule has 3 aliphatic rings. The zero-order chi connectivity index (χ0) is 28.4. The van der Waals surface area contributed by atoms with Gasteiger partial charge in [-0.2, -0.15) is 0 Å². The van der Waals surface area contributed by atoms with Crippen LogP contribution in [0.1, 0.15) is 64.1 Å². The number of hydrogen-bond donors (Lipinski definition) is 1. The SMILES string of the molecule is C\C=C/C(=C\N(C)C)C(=C\C)/C(C1=CN(C)NC=C1)=C1/c2cc(=O)c(C(=O)C3CC3)cn2[C@H](C(C)C)CN1C.[HH]. The molecule has 1 fully saturated rings. The molecule has 1 aromatic rings. The molecule has 1 atom stereocenters. The van der Waals surface area contributed by atoms with Crippen LogP contribution in [0.5, 0.6) is 0 Å². The number of fused-ring (bicyclic) bond motifs is 1. The molecule has 3 heterocycles. The largest absolute Gasteiger partial charge is 0.383 e. The van der Waals surface area contributed by atoms with Gasteiger partial charge in [0, 0.05) is 84.1 Å². The molecule has 210 valence electrons. The van der Waals surface area contributed by atoms with Crippen molar-refractivity contribution in [3.8, 4) is 0 Å². The zero-order valence-corrected chi connectivity index (χ0v) is 24.7. The summed E-state index contributed by atoms with van der Waals surface area (Å²) in [4.78, 5) is 30.9. The van der Waals surface area contributed by atoms with Crippen LogP contribution >= 0.6 is 0 Å². The number of nitrogens with zero attached hydrogens (tertiary/aromatic N) is 4. The summed E-state index contributed by atoms with van der Waals surface area (Å²) in [7, 11) is 8.12. The van der Waals surface area contributed by atoms with Gasteiger partial charge >= 0.3 is 0 Å². The van der Waals surface area contributed by atoms with E-state index >= 15 is 0 Å². The van der Waals surface area contributed by atoms with Crippen molar-refractivity contribution < 1.29 is 6.22 Å². The van der Waals surface area contributed by atoms with Gasteiger partial charge in [-0.1, -0.05) is 32.1 Å². The summed E-state index contributed by atoms with van der Waals surface area (Å²) in [5, 5.41) is 1.93. The summed E-state index contributed by atoms with van der Waals surface area (Å²) in [6.07, 6.45) is 18.1. The van der Waals surface area contributed by atoms with Crippen LogP contribution in [0.25, 0.3) is 5.70 Å². The monoisotopic (exact) mass is 531 g/mol. The molecule has 7 heteroatoms. The lowest BCUT2D eigenvalue weighted by Gasteiger charge is -2.41. The highest BCUT2D eigenvalue weighted by Crippen LogP contribution is 2.41. The minimum Gasteiger partial charge on any atom is -0.383 e. The predicted octanol–water partition coefficient (Wildman–Crippen LogP) is 5.36. The maximum atomic E-state index is 13.5. The third-order valence-corrected chi connectivity index (χ3v) is 7.52. The van der Waals surface area contributed by atoms with Crippen LogP contribution < -0.4 is 10.9 Å². The van der Waals surface area contributed by atoms with E-state index < -0.39 is 0 Å². The molecular formula is C32H45N5O2. The summed E-state index contributed by atoms with van der Waals surface area (Å²) in [6, 6.07) is 1.83. The Morgan fingerprint density at radius 2 is 1.92 bits per heavy atom. The van der Waals surface area contributed by atoms with Gasteiger partial charge in [0.25, 0.3) is 0 Å². The van der Waals surface area contributed by atoms with Gasteiger partial charge in [0.1, 0.15) is 0 Å². The molecule has 1 aromatic heterocycles. The van der Waals surface area contributed by atoms with Gasteiger partial charge in [-0.15, -0.1) is 0 Å². The first-order chi connectivity index (χ1) is 18.6. The molecule has 0 bridgehead atoms. The Morgan fingerprint density at radius 1 is 1.21 bits per heavy atom. The number of rotatable bonds is 8. The van der Waals surface area contributed by atoms with Crippen molar-refractivity contribution in [2.24, 2.45) is 11.8 Å². The highest BCUT2D eigenvalue weighted by molar-refractivity contribution is 5.99. The maximum absolute atomic E-state index is 13.5. The Kier molecular flexibility index (Phi) is 8.38. The zero-order valence-electron chi connectivity index (χ0n) is 24.7. The second-order valence-corrected chi connectivity index (χ2v) is 11.3. The summed E-state index contributed by atoms with van der Waals surface area (Å²) in [6.45, 7) is 9.25. The van der Waals surface area contributed by atoms with Crippen LogP contribution in [0, 0.1) is 11.8 Å². The normalized spacial score (nSPS) is 21.3. The van der Waals surface area contributed by atoms with E-state index in [1.165, 1.54) is 0 Å². The van der Waals surface area contributed by atoms with E-state index in [0.717, 1.165) is 53.1 Å². The van der Waals surface area contributed by atoms with Crippen LogP contribution in [0.15, 0.2) is 82.3 Å². The third-order valence-electron chi connectivity index (χ3n) is 7.52. The van der Waals surface area contributed by atoms with Crippen molar-refractivity contribution in [1.82, 2.24) is 24.8 Å². The van der Waals surface area contributed by atoms with Crippen molar-refractivity contribution in [1.29, 1.82) is 0 Å². The van der Waals surface area contributed by atoms with Gasteiger partial charge < -0.3 is 19.8 Å². The van der Waals surface area contributed by atoms with Crippen molar-refractivity contribution in [3.63, 3.8) is 0 Å². The molecule has 0 saturated heterocycles. The number of ketones is 1. The van der Waals surface area contributed by atoms with Crippen LogP contribution in [-0.2, 0) is 0 Å². The van der Waals surface area contributed by atoms with Crippen molar-refractivity contribution in [3.05, 3.63) is 98.9 Å². The first-order valence-corrected chi connectivity index (χ1v) is 13.9. The van der Waals surface area contributed by atoms with Crippen LogP contribution in [0.3, 0.4) is 0 Å². The molecule has 1 saturated carbocycles. The Morgan fingerprint density at radius 3 is 2.49 bits per heavy atom. The summed E-state index contributed by atoms with van der Waals surface area (Å²) >= 11 is 0. The lowest BCUT2D eigenvalue weighted by molar-refractivity contribution is 0.0965. The van der Waals surface area contributed by atoms with Gasteiger partial charge in [0.2, 0.25) is 0 Å². The molecule has 7 nitrogen and oxygen atoms in total. The molecule has 0 unspecified atom stereocenters. The molecule has 1 aliphatic carbocycles. The summed E-state index contributed by atoms with van der Waals surface area (Å²) in [5.74, 6) is 0.312. The quantitative estimate of drug-likeness (QED) is 0.360. The Balaban J connectivity index is 0.00000441. The Hall–Kier alpha value is -3.74. The number of hydrogen-bond acceptors (Lipinski definition) is 6. The molecule has 0 radical (unpaired) electrons. The maximum Gasteiger partial charge on any atom is 0.193 e. The van der Waals surface area contributed by atoms with E-state index in [9.17, 15) is 9.59 Å². The second-order valence-electron chi connectivity index (χ2n) is 11.3. The molecule has 2 aliphatic heterocycles. The third kappa shape index (κ3) is 5.82. The van der Waals surface area contributed by atoms with Gasteiger partial charge in [-0.3, -0.25) is 14.6 Å². The minimum atomic E-state index is -0.195. The van der Waals surface area contributed by atoms with Gasteiger partial charge in [0.15, 0.2) is 11.2 Å². The number of carbonyl (C=O) groups excluding carboxylic acids is 1. The molecular weight excluding hydrogens is 486 g/mol. The lowest BCUT2D eigenvalue weighted by atomic mass is 9.86. The summed E-state index contributed by atoms with van der Waals surface area (Å²) in [5.41, 5.74) is 9.34. The number of Topliss-reactive ketones (excluding diaryl/α,β-unsaturated/α-hetero) is 1. The number of hydrazine groups is 1. The average Bonchev–Trinajstić information content (AvgIpc) is 3.72. The fraction of sp³-hybridized carbons (Fsp3) is 0.438. The second kappa shape index (κ2) is 11.6. The molecule has 0 aromatic carbocycles. The molecule has 4 rings (SSSR count). The number of carbonyl (C=O) groups is 1. The van der Waals surface area contributed by atoms with Crippen LogP contribution in [0.4, 0.5) is 0 Å². The smallest absolute Gasteiger partial charge is 0.193 e. The minimum absolute atomic E-state index is 0. The first kappa shape index (κ1) is 28.3. The lowest BCUT2D eigenvalue weighted by Crippen LogP contribution is -2.39. The number of nitrogens with one attached hydrogen (secondary N) is 1. The van der Waals surface area contributed by atoms with Gasteiger partial charge in [-0.25, -0.2) is 0 Å². The van der Waals surface area contributed by atoms with Crippen molar-refractivity contribution in [2.45, 2.75) is 46.6 Å². The fourth-order valence-corrected chi connectivity index (χ4v) is 5.49. The Bertz CT molecular complexity index is 1370. The van der Waals surface area contributed by atoms with Gasteiger partial charge in [0.05, 0.1) is 23.0 Å². The highest BCUT2D eigenvalue weighted by Gasteiger charge is 2.36.